The monoisotopic (exact) mass is 372 g/mol. The van der Waals surface area contributed by atoms with Crippen molar-refractivity contribution in [3.8, 4) is 0 Å². The summed E-state index contributed by atoms with van der Waals surface area (Å²) in [5.41, 5.74) is 2.15. The lowest BCUT2D eigenvalue weighted by molar-refractivity contribution is -0.148. The molecule has 0 bridgehead atoms. The average Bonchev–Trinajstić information content (AvgIpc) is 2.68. The van der Waals surface area contributed by atoms with Gasteiger partial charge in [-0.15, -0.1) is 0 Å². The van der Waals surface area contributed by atoms with Gasteiger partial charge in [0.05, 0.1) is 19.1 Å². The van der Waals surface area contributed by atoms with E-state index in [1.54, 1.807) is 0 Å². The maximum atomic E-state index is 12.7. The summed E-state index contributed by atoms with van der Waals surface area (Å²) in [6.45, 7) is 8.46. The van der Waals surface area contributed by atoms with Gasteiger partial charge in [-0.1, -0.05) is 36.8 Å². The van der Waals surface area contributed by atoms with Crippen molar-refractivity contribution in [1.29, 1.82) is 0 Å². The summed E-state index contributed by atoms with van der Waals surface area (Å²) in [4.78, 5) is 29.4. The molecule has 2 atom stereocenters. The van der Waals surface area contributed by atoms with Gasteiger partial charge in [-0.2, -0.15) is 0 Å². The smallest absolute Gasteiger partial charge is 0.312 e. The third-order valence-electron chi connectivity index (χ3n) is 5.10. The van der Waals surface area contributed by atoms with E-state index < -0.39 is 0 Å². The second-order valence-electron chi connectivity index (χ2n) is 7.31. The topological polar surface area (TPSA) is 49.9 Å². The van der Waals surface area contributed by atoms with Crippen LogP contribution in [0.4, 0.5) is 5.69 Å². The Balaban J connectivity index is 2.23. The molecule has 1 aromatic rings. The molecule has 1 amide bonds. The van der Waals surface area contributed by atoms with E-state index in [0.29, 0.717) is 13.0 Å². The van der Waals surface area contributed by atoms with Crippen LogP contribution >= 0.6 is 0 Å². The van der Waals surface area contributed by atoms with E-state index in [4.69, 9.17) is 4.74 Å². The minimum absolute atomic E-state index is 0.0399. The number of hydrogen-bond acceptors (Lipinski definition) is 4. The molecule has 27 heavy (non-hydrogen) atoms. The molecule has 0 saturated carbocycles. The number of anilines is 1. The highest BCUT2D eigenvalue weighted by Gasteiger charge is 2.40. The van der Waals surface area contributed by atoms with E-state index in [2.05, 4.69) is 24.8 Å². The number of carbonyl (C=O) groups excluding carboxylic acids is 2. The van der Waals surface area contributed by atoms with Crippen LogP contribution in [0.15, 0.2) is 42.0 Å². The summed E-state index contributed by atoms with van der Waals surface area (Å²) < 4.78 is 5.09. The minimum Gasteiger partial charge on any atom is -0.469 e. The standard InChI is InChI=1S/C22H32N2O3/c1-5-21(25)24(18-11-7-6-8-12-18)20-13-15-23(14-9-10-17(2)3)16-19(20)22(26)27-4/h6-8,10-12,19-20H,5,9,13-16H2,1-4H3. The normalized spacial score (nSPS) is 20.0. The number of hydrogen-bond donors (Lipinski definition) is 0. The number of likely N-dealkylation sites (tertiary alicyclic amines) is 1. The number of nitrogens with zero attached hydrogens (tertiary/aromatic N) is 2. The zero-order valence-electron chi connectivity index (χ0n) is 17.0. The Hall–Kier alpha value is -2.14. The first-order valence-corrected chi connectivity index (χ1v) is 9.78. The molecule has 1 aromatic carbocycles. The summed E-state index contributed by atoms with van der Waals surface area (Å²) in [6.07, 6.45) is 4.35. The highest BCUT2D eigenvalue weighted by atomic mass is 16.5. The Morgan fingerprint density at radius 1 is 1.26 bits per heavy atom. The molecule has 0 aliphatic carbocycles. The van der Waals surface area contributed by atoms with Crippen molar-refractivity contribution in [3.05, 3.63) is 42.0 Å². The molecule has 5 heteroatoms. The van der Waals surface area contributed by atoms with Crippen LogP contribution in [0.2, 0.25) is 0 Å². The second-order valence-corrected chi connectivity index (χ2v) is 7.31. The number of amides is 1. The summed E-state index contributed by atoms with van der Waals surface area (Å²) >= 11 is 0. The van der Waals surface area contributed by atoms with Gasteiger partial charge in [0.1, 0.15) is 0 Å². The molecule has 0 N–H and O–H groups in total. The first-order chi connectivity index (χ1) is 13.0. The van der Waals surface area contributed by atoms with Crippen molar-refractivity contribution in [2.24, 2.45) is 5.92 Å². The van der Waals surface area contributed by atoms with E-state index in [1.165, 1.54) is 12.7 Å². The number of esters is 1. The van der Waals surface area contributed by atoms with Gasteiger partial charge in [-0.05, 0) is 38.8 Å². The molecule has 1 fully saturated rings. The van der Waals surface area contributed by atoms with Crippen molar-refractivity contribution in [2.45, 2.75) is 46.1 Å². The predicted octanol–water partition coefficient (Wildman–Crippen LogP) is 3.65. The Labute approximate surface area is 163 Å². The molecule has 0 aromatic heterocycles. The fourth-order valence-electron chi connectivity index (χ4n) is 3.72. The number of carbonyl (C=O) groups is 2. The van der Waals surface area contributed by atoms with Gasteiger partial charge in [0.15, 0.2) is 0 Å². The maximum absolute atomic E-state index is 12.7. The van der Waals surface area contributed by atoms with Crippen LogP contribution in [0.1, 0.15) is 40.0 Å². The largest absolute Gasteiger partial charge is 0.469 e. The van der Waals surface area contributed by atoms with Gasteiger partial charge in [0.2, 0.25) is 5.91 Å². The average molecular weight is 373 g/mol. The van der Waals surface area contributed by atoms with Crippen molar-refractivity contribution in [1.82, 2.24) is 4.90 Å². The lowest BCUT2D eigenvalue weighted by atomic mass is 9.89. The molecule has 148 valence electrons. The zero-order chi connectivity index (χ0) is 19.8. The van der Waals surface area contributed by atoms with Gasteiger partial charge in [0.25, 0.3) is 0 Å². The fourth-order valence-corrected chi connectivity index (χ4v) is 3.72. The van der Waals surface area contributed by atoms with Crippen molar-refractivity contribution in [3.63, 3.8) is 0 Å². The van der Waals surface area contributed by atoms with Crippen molar-refractivity contribution in [2.75, 3.05) is 31.6 Å². The Bertz CT molecular complexity index is 653. The number of allylic oxidation sites excluding steroid dienone is 1. The van der Waals surface area contributed by atoms with E-state index in [-0.39, 0.29) is 23.8 Å². The van der Waals surface area contributed by atoms with Gasteiger partial charge in [-0.3, -0.25) is 9.59 Å². The third-order valence-corrected chi connectivity index (χ3v) is 5.10. The number of rotatable bonds is 7. The molecule has 1 saturated heterocycles. The van der Waals surface area contributed by atoms with Gasteiger partial charge >= 0.3 is 5.97 Å². The lowest BCUT2D eigenvalue weighted by Crippen LogP contribution is -2.55. The first kappa shape index (κ1) is 21.2. The fraction of sp³-hybridized carbons (Fsp3) is 0.545. The molecule has 5 nitrogen and oxygen atoms in total. The molecule has 2 rings (SSSR count). The van der Waals surface area contributed by atoms with Crippen LogP contribution in [-0.2, 0) is 14.3 Å². The maximum Gasteiger partial charge on any atom is 0.312 e. The quantitative estimate of drug-likeness (QED) is 0.541. The third kappa shape index (κ3) is 5.67. The number of methoxy groups -OCH3 is 1. The number of piperidine rings is 1. The SMILES string of the molecule is CCC(=O)N(c1ccccc1)C1CCN(CCC=C(C)C)CC1C(=O)OC. The summed E-state index contributed by atoms with van der Waals surface area (Å²) in [5.74, 6) is -0.541. The van der Waals surface area contributed by atoms with E-state index in [0.717, 1.165) is 31.6 Å². The summed E-state index contributed by atoms with van der Waals surface area (Å²) in [7, 11) is 1.43. The molecular weight excluding hydrogens is 340 g/mol. The molecular formula is C22H32N2O3. The van der Waals surface area contributed by atoms with Crippen molar-refractivity contribution >= 4 is 17.6 Å². The second kappa shape index (κ2) is 10.3. The number of para-hydroxylation sites is 1. The van der Waals surface area contributed by atoms with E-state index >= 15 is 0 Å². The first-order valence-electron chi connectivity index (χ1n) is 9.78. The minimum atomic E-state index is -0.342. The van der Waals surface area contributed by atoms with E-state index in [9.17, 15) is 9.59 Å². The number of benzene rings is 1. The van der Waals surface area contributed by atoms with Crippen LogP contribution < -0.4 is 4.90 Å². The van der Waals surface area contributed by atoms with Crippen LogP contribution in [0.3, 0.4) is 0 Å². The molecule has 0 spiro atoms. The molecule has 2 unspecified atom stereocenters. The summed E-state index contributed by atoms with van der Waals surface area (Å²) in [5, 5.41) is 0. The highest BCUT2D eigenvalue weighted by molar-refractivity contribution is 5.94. The molecule has 1 aliphatic heterocycles. The lowest BCUT2D eigenvalue weighted by Gasteiger charge is -2.42. The molecule has 1 aliphatic rings. The number of ether oxygens (including phenoxy) is 1. The van der Waals surface area contributed by atoms with Crippen LogP contribution in [-0.4, -0.2) is 49.6 Å². The Morgan fingerprint density at radius 3 is 2.56 bits per heavy atom. The zero-order valence-corrected chi connectivity index (χ0v) is 17.0. The summed E-state index contributed by atoms with van der Waals surface area (Å²) in [6, 6.07) is 9.47. The predicted molar refractivity (Wildman–Crippen MR) is 109 cm³/mol. The van der Waals surface area contributed by atoms with Crippen LogP contribution in [0.5, 0.6) is 0 Å². The Morgan fingerprint density at radius 2 is 1.96 bits per heavy atom. The molecule has 0 radical (unpaired) electrons. The van der Waals surface area contributed by atoms with Crippen LogP contribution in [0.25, 0.3) is 0 Å². The van der Waals surface area contributed by atoms with Crippen LogP contribution in [0, 0.1) is 5.92 Å². The van der Waals surface area contributed by atoms with Gasteiger partial charge in [0, 0.05) is 31.7 Å². The van der Waals surface area contributed by atoms with Gasteiger partial charge < -0.3 is 14.5 Å². The van der Waals surface area contributed by atoms with Gasteiger partial charge in [-0.25, -0.2) is 0 Å². The molecule has 1 heterocycles. The Kier molecular flexibility index (Phi) is 8.04. The van der Waals surface area contributed by atoms with Crippen molar-refractivity contribution < 1.29 is 14.3 Å². The highest BCUT2D eigenvalue weighted by Crippen LogP contribution is 2.29. The van der Waals surface area contributed by atoms with E-state index in [1.807, 2.05) is 42.2 Å².